The lowest BCUT2D eigenvalue weighted by molar-refractivity contribution is -0.125. The number of likely N-dealkylation sites (tertiary alicyclic amines) is 1. The van der Waals surface area contributed by atoms with Crippen molar-refractivity contribution < 1.29 is 4.79 Å². The lowest BCUT2D eigenvalue weighted by atomic mass is 10.0. The fraction of sp³-hybridized carbons (Fsp3) is 0.211. The van der Waals surface area contributed by atoms with Crippen molar-refractivity contribution in [2.24, 2.45) is 0 Å². The average molecular weight is 303 g/mol. The molecule has 2 heterocycles. The molecule has 4 nitrogen and oxygen atoms in total. The van der Waals surface area contributed by atoms with Gasteiger partial charge in [-0.15, -0.1) is 0 Å². The molecule has 0 N–H and O–H groups in total. The number of rotatable bonds is 3. The molecule has 0 aliphatic carbocycles. The zero-order chi connectivity index (χ0) is 16.1. The SMILES string of the molecule is N#CC(=Cc1cccc(-c2ccncc2)c1)C(=O)N1CCCC1. The summed E-state index contributed by atoms with van der Waals surface area (Å²) in [6.45, 7) is 1.49. The maximum atomic E-state index is 12.4. The molecule has 0 saturated carbocycles. The van der Waals surface area contributed by atoms with E-state index >= 15 is 0 Å². The molecule has 1 aromatic carbocycles. The zero-order valence-corrected chi connectivity index (χ0v) is 12.8. The van der Waals surface area contributed by atoms with E-state index in [-0.39, 0.29) is 11.5 Å². The first-order valence-electron chi connectivity index (χ1n) is 7.69. The molecule has 1 saturated heterocycles. The van der Waals surface area contributed by atoms with Crippen LogP contribution >= 0.6 is 0 Å². The molecule has 0 atom stereocenters. The van der Waals surface area contributed by atoms with Crippen molar-refractivity contribution in [3.05, 3.63) is 59.9 Å². The summed E-state index contributed by atoms with van der Waals surface area (Å²) in [7, 11) is 0. The Morgan fingerprint density at radius 2 is 1.87 bits per heavy atom. The number of hydrogen-bond acceptors (Lipinski definition) is 3. The van der Waals surface area contributed by atoms with E-state index in [4.69, 9.17) is 0 Å². The summed E-state index contributed by atoms with van der Waals surface area (Å²) in [5.41, 5.74) is 3.13. The van der Waals surface area contributed by atoms with Crippen LogP contribution in [0.5, 0.6) is 0 Å². The van der Waals surface area contributed by atoms with Crippen LogP contribution in [-0.4, -0.2) is 28.9 Å². The molecule has 23 heavy (non-hydrogen) atoms. The lowest BCUT2D eigenvalue weighted by Gasteiger charge is -2.14. The number of nitrogens with zero attached hydrogens (tertiary/aromatic N) is 3. The number of amides is 1. The standard InChI is InChI=1S/C19H17N3O/c20-14-18(19(23)22-10-1-2-11-22)13-15-4-3-5-17(12-15)16-6-8-21-9-7-16/h3-9,12-13H,1-2,10-11H2. The maximum Gasteiger partial charge on any atom is 0.264 e. The van der Waals surface area contributed by atoms with Crippen LogP contribution in [0.1, 0.15) is 18.4 Å². The summed E-state index contributed by atoms with van der Waals surface area (Å²) in [6, 6.07) is 13.7. The number of nitriles is 1. The smallest absolute Gasteiger partial charge is 0.264 e. The second-order valence-electron chi connectivity index (χ2n) is 5.53. The molecule has 1 aliphatic heterocycles. The molecule has 1 aliphatic rings. The molecule has 0 spiro atoms. The van der Waals surface area contributed by atoms with Crippen molar-refractivity contribution in [2.75, 3.05) is 13.1 Å². The highest BCUT2D eigenvalue weighted by Crippen LogP contribution is 2.21. The second kappa shape index (κ2) is 6.89. The van der Waals surface area contributed by atoms with Crippen molar-refractivity contribution in [1.82, 2.24) is 9.88 Å². The van der Waals surface area contributed by atoms with Gasteiger partial charge in [-0.2, -0.15) is 5.26 Å². The molecule has 1 aromatic heterocycles. The maximum absolute atomic E-state index is 12.4. The van der Waals surface area contributed by atoms with Gasteiger partial charge in [-0.25, -0.2) is 0 Å². The van der Waals surface area contributed by atoms with Crippen LogP contribution in [0.2, 0.25) is 0 Å². The third kappa shape index (κ3) is 3.46. The number of hydrogen-bond donors (Lipinski definition) is 0. The Kier molecular flexibility index (Phi) is 4.49. The number of pyridine rings is 1. The van der Waals surface area contributed by atoms with Gasteiger partial charge in [-0.05, 0) is 53.8 Å². The Morgan fingerprint density at radius 3 is 2.57 bits per heavy atom. The highest BCUT2D eigenvalue weighted by atomic mass is 16.2. The topological polar surface area (TPSA) is 57.0 Å². The van der Waals surface area contributed by atoms with Crippen LogP contribution in [0, 0.1) is 11.3 Å². The first-order chi connectivity index (χ1) is 11.3. The lowest BCUT2D eigenvalue weighted by Crippen LogP contribution is -2.28. The third-order valence-corrected chi connectivity index (χ3v) is 3.96. The molecule has 1 fully saturated rings. The molecule has 0 bridgehead atoms. The van der Waals surface area contributed by atoms with E-state index in [0.29, 0.717) is 0 Å². The van der Waals surface area contributed by atoms with E-state index in [9.17, 15) is 10.1 Å². The van der Waals surface area contributed by atoms with E-state index in [0.717, 1.165) is 42.6 Å². The van der Waals surface area contributed by atoms with Crippen molar-refractivity contribution in [3.63, 3.8) is 0 Å². The number of carbonyl (C=O) groups excluding carboxylic acids is 1. The third-order valence-electron chi connectivity index (χ3n) is 3.96. The normalized spacial score (nSPS) is 14.6. The van der Waals surface area contributed by atoms with Crippen LogP contribution in [0.25, 0.3) is 17.2 Å². The van der Waals surface area contributed by atoms with Gasteiger partial charge in [0.1, 0.15) is 11.6 Å². The highest BCUT2D eigenvalue weighted by molar-refractivity contribution is 6.01. The molecule has 114 valence electrons. The monoisotopic (exact) mass is 303 g/mol. The predicted molar refractivity (Wildman–Crippen MR) is 89.1 cm³/mol. The molecule has 1 amide bonds. The second-order valence-corrected chi connectivity index (χ2v) is 5.53. The van der Waals surface area contributed by atoms with Gasteiger partial charge in [0.2, 0.25) is 0 Å². The van der Waals surface area contributed by atoms with Gasteiger partial charge in [0.15, 0.2) is 0 Å². The van der Waals surface area contributed by atoms with Gasteiger partial charge in [0.25, 0.3) is 5.91 Å². The Morgan fingerprint density at radius 1 is 1.13 bits per heavy atom. The van der Waals surface area contributed by atoms with Crippen LogP contribution < -0.4 is 0 Å². The van der Waals surface area contributed by atoms with Gasteiger partial charge < -0.3 is 4.90 Å². The van der Waals surface area contributed by atoms with Gasteiger partial charge in [-0.1, -0.05) is 18.2 Å². The quantitative estimate of drug-likeness (QED) is 0.646. The molecule has 0 unspecified atom stereocenters. The van der Waals surface area contributed by atoms with E-state index < -0.39 is 0 Å². The Balaban J connectivity index is 1.89. The Labute approximate surface area is 135 Å². The van der Waals surface area contributed by atoms with E-state index in [1.54, 1.807) is 23.4 Å². The predicted octanol–water partition coefficient (Wildman–Crippen LogP) is 3.28. The first kappa shape index (κ1) is 15.0. The van der Waals surface area contributed by atoms with Crippen molar-refractivity contribution in [3.8, 4) is 17.2 Å². The average Bonchev–Trinajstić information content (AvgIpc) is 3.15. The summed E-state index contributed by atoms with van der Waals surface area (Å²) in [5, 5.41) is 9.33. The van der Waals surface area contributed by atoms with Crippen LogP contribution in [-0.2, 0) is 4.79 Å². The molecule has 0 radical (unpaired) electrons. The summed E-state index contributed by atoms with van der Waals surface area (Å²) in [5.74, 6) is -0.167. The van der Waals surface area contributed by atoms with Crippen molar-refractivity contribution in [1.29, 1.82) is 5.26 Å². The minimum Gasteiger partial charge on any atom is -0.338 e. The van der Waals surface area contributed by atoms with Crippen molar-refractivity contribution >= 4 is 12.0 Å². The molecule has 3 rings (SSSR count). The summed E-state index contributed by atoms with van der Waals surface area (Å²) in [6.07, 6.45) is 7.19. The van der Waals surface area contributed by atoms with Crippen LogP contribution in [0.3, 0.4) is 0 Å². The molecule has 4 heteroatoms. The van der Waals surface area contributed by atoms with Crippen LogP contribution in [0.15, 0.2) is 54.4 Å². The molecule has 2 aromatic rings. The summed E-state index contributed by atoms with van der Waals surface area (Å²) in [4.78, 5) is 18.1. The van der Waals surface area contributed by atoms with Crippen LogP contribution in [0.4, 0.5) is 0 Å². The minimum atomic E-state index is -0.167. The summed E-state index contributed by atoms with van der Waals surface area (Å²) < 4.78 is 0. The fourth-order valence-electron chi connectivity index (χ4n) is 2.75. The van der Waals surface area contributed by atoms with Gasteiger partial charge in [0, 0.05) is 25.5 Å². The minimum absolute atomic E-state index is 0.167. The van der Waals surface area contributed by atoms with Gasteiger partial charge in [-0.3, -0.25) is 9.78 Å². The van der Waals surface area contributed by atoms with Crippen molar-refractivity contribution in [2.45, 2.75) is 12.8 Å². The van der Waals surface area contributed by atoms with E-state index in [1.165, 1.54) is 0 Å². The Hall–Kier alpha value is -2.93. The molecular weight excluding hydrogens is 286 g/mol. The summed E-state index contributed by atoms with van der Waals surface area (Å²) >= 11 is 0. The number of aromatic nitrogens is 1. The number of carbonyl (C=O) groups is 1. The number of benzene rings is 1. The first-order valence-corrected chi connectivity index (χ1v) is 7.69. The highest BCUT2D eigenvalue weighted by Gasteiger charge is 2.21. The zero-order valence-electron chi connectivity index (χ0n) is 12.8. The van der Waals surface area contributed by atoms with E-state index in [1.807, 2.05) is 42.5 Å². The van der Waals surface area contributed by atoms with Gasteiger partial charge in [0.05, 0.1) is 0 Å². The Bertz CT molecular complexity index is 769. The largest absolute Gasteiger partial charge is 0.338 e. The molecular formula is C19H17N3O. The van der Waals surface area contributed by atoms with Gasteiger partial charge >= 0.3 is 0 Å². The van der Waals surface area contributed by atoms with E-state index in [2.05, 4.69) is 4.98 Å². The fourth-order valence-corrected chi connectivity index (χ4v) is 2.75.